The molecule has 3 N–H and O–H groups in total. The van der Waals surface area contributed by atoms with Crippen LogP contribution in [0, 0.1) is 0 Å². The Balaban J connectivity index is 2.25. The fourth-order valence-electron chi connectivity index (χ4n) is 1.49. The number of alkyl halides is 3. The molecule has 0 aliphatic rings. The Morgan fingerprint density at radius 3 is 2.68 bits per heavy atom. The van der Waals surface area contributed by atoms with Crippen molar-refractivity contribution in [1.29, 1.82) is 0 Å². The molecule has 0 radical (unpaired) electrons. The van der Waals surface area contributed by atoms with Crippen LogP contribution in [0.4, 0.5) is 24.5 Å². The van der Waals surface area contributed by atoms with Gasteiger partial charge in [-0.1, -0.05) is 0 Å². The second-order valence-corrected chi connectivity index (χ2v) is 4.82. The molecule has 4 nitrogen and oxygen atoms in total. The molecule has 2 aromatic heterocycles. The molecule has 0 fully saturated rings. The van der Waals surface area contributed by atoms with Crippen LogP contribution in [0.25, 0.3) is 0 Å². The van der Waals surface area contributed by atoms with Gasteiger partial charge in [0.1, 0.15) is 10.7 Å². The molecule has 2 heterocycles. The molecule has 0 saturated heterocycles. The van der Waals surface area contributed by atoms with Gasteiger partial charge in [0.25, 0.3) is 0 Å². The van der Waals surface area contributed by atoms with E-state index in [1.807, 2.05) is 0 Å². The standard InChI is InChI=1S/C11H11F3N4S/c1-6(10-16-2-3-19-10)18-8-4-9(11(12,13)14)17-5-7(8)15/h2-6H,15H2,1H3,(H,17,18). The molecular formula is C11H11F3N4S. The van der Waals surface area contributed by atoms with Crippen LogP contribution in [0.1, 0.15) is 23.7 Å². The summed E-state index contributed by atoms with van der Waals surface area (Å²) in [4.78, 5) is 7.37. The maximum Gasteiger partial charge on any atom is 0.433 e. The fourth-order valence-corrected chi connectivity index (χ4v) is 2.14. The number of nitrogens with zero attached hydrogens (tertiary/aromatic N) is 2. The molecule has 0 aromatic carbocycles. The predicted molar refractivity (Wildman–Crippen MR) is 67.8 cm³/mol. The van der Waals surface area contributed by atoms with E-state index in [0.717, 1.165) is 17.3 Å². The number of rotatable bonds is 3. The molecule has 1 unspecified atom stereocenters. The third-order valence-electron chi connectivity index (χ3n) is 2.42. The number of nitrogens with one attached hydrogen (secondary N) is 1. The van der Waals surface area contributed by atoms with Gasteiger partial charge in [0.15, 0.2) is 0 Å². The minimum Gasteiger partial charge on any atom is -0.396 e. The van der Waals surface area contributed by atoms with Crippen LogP contribution in [-0.4, -0.2) is 9.97 Å². The molecule has 2 rings (SSSR count). The molecule has 0 aliphatic heterocycles. The fraction of sp³-hybridized carbons (Fsp3) is 0.273. The molecule has 8 heteroatoms. The zero-order valence-electron chi connectivity index (χ0n) is 9.90. The van der Waals surface area contributed by atoms with Gasteiger partial charge in [-0.2, -0.15) is 13.2 Å². The average molecular weight is 288 g/mol. The lowest BCUT2D eigenvalue weighted by molar-refractivity contribution is -0.141. The van der Waals surface area contributed by atoms with Crippen molar-refractivity contribution in [2.24, 2.45) is 0 Å². The first-order valence-corrected chi connectivity index (χ1v) is 6.24. The van der Waals surface area contributed by atoms with E-state index >= 15 is 0 Å². The average Bonchev–Trinajstić information content (AvgIpc) is 2.84. The van der Waals surface area contributed by atoms with Crippen molar-refractivity contribution < 1.29 is 13.2 Å². The number of anilines is 2. The summed E-state index contributed by atoms with van der Waals surface area (Å²) in [6.45, 7) is 1.80. The lowest BCUT2D eigenvalue weighted by Crippen LogP contribution is -2.12. The molecule has 0 bridgehead atoms. The van der Waals surface area contributed by atoms with E-state index < -0.39 is 11.9 Å². The van der Waals surface area contributed by atoms with Crippen molar-refractivity contribution in [2.75, 3.05) is 11.1 Å². The first kappa shape index (κ1) is 13.6. The summed E-state index contributed by atoms with van der Waals surface area (Å²) in [7, 11) is 0. The number of nitrogen functional groups attached to an aromatic ring is 1. The number of pyridine rings is 1. The summed E-state index contributed by atoms with van der Waals surface area (Å²) >= 11 is 1.41. The molecule has 2 aromatic rings. The highest BCUT2D eigenvalue weighted by molar-refractivity contribution is 7.09. The third-order valence-corrected chi connectivity index (χ3v) is 3.38. The lowest BCUT2D eigenvalue weighted by Gasteiger charge is -2.16. The Labute approximate surface area is 111 Å². The van der Waals surface area contributed by atoms with Gasteiger partial charge >= 0.3 is 6.18 Å². The van der Waals surface area contributed by atoms with E-state index in [1.165, 1.54) is 11.3 Å². The zero-order chi connectivity index (χ0) is 14.0. The van der Waals surface area contributed by atoms with Crippen LogP contribution < -0.4 is 11.1 Å². The normalized spacial score (nSPS) is 13.3. The van der Waals surface area contributed by atoms with Gasteiger partial charge in [0, 0.05) is 11.6 Å². The van der Waals surface area contributed by atoms with E-state index in [2.05, 4.69) is 15.3 Å². The minimum absolute atomic E-state index is 0.163. The monoisotopic (exact) mass is 288 g/mol. The van der Waals surface area contributed by atoms with Crippen LogP contribution in [0.3, 0.4) is 0 Å². The number of nitrogens with two attached hydrogens (primary N) is 1. The predicted octanol–water partition coefficient (Wildman–Crippen LogP) is 3.31. The Morgan fingerprint density at radius 2 is 2.11 bits per heavy atom. The van der Waals surface area contributed by atoms with Crippen LogP contribution >= 0.6 is 11.3 Å². The van der Waals surface area contributed by atoms with Crippen molar-refractivity contribution >= 4 is 22.7 Å². The lowest BCUT2D eigenvalue weighted by atomic mass is 10.2. The highest BCUT2D eigenvalue weighted by Gasteiger charge is 2.33. The largest absolute Gasteiger partial charge is 0.433 e. The molecule has 19 heavy (non-hydrogen) atoms. The third kappa shape index (κ3) is 3.14. The van der Waals surface area contributed by atoms with Crippen molar-refractivity contribution in [1.82, 2.24) is 9.97 Å². The molecule has 0 aliphatic carbocycles. The van der Waals surface area contributed by atoms with Gasteiger partial charge in [-0.3, -0.25) is 0 Å². The van der Waals surface area contributed by atoms with Gasteiger partial charge in [0.2, 0.25) is 0 Å². The highest BCUT2D eigenvalue weighted by Crippen LogP contribution is 2.32. The SMILES string of the molecule is CC(Nc1cc(C(F)(F)F)ncc1N)c1nccs1. The number of aromatic nitrogens is 2. The van der Waals surface area contributed by atoms with Crippen LogP contribution in [0.5, 0.6) is 0 Å². The van der Waals surface area contributed by atoms with E-state index in [-0.39, 0.29) is 17.4 Å². The molecule has 0 saturated carbocycles. The van der Waals surface area contributed by atoms with Crippen molar-refractivity contribution in [3.8, 4) is 0 Å². The van der Waals surface area contributed by atoms with Crippen LogP contribution in [0.2, 0.25) is 0 Å². The molecule has 1 atom stereocenters. The highest BCUT2D eigenvalue weighted by atomic mass is 32.1. The van der Waals surface area contributed by atoms with Crippen LogP contribution in [-0.2, 0) is 6.18 Å². The van der Waals surface area contributed by atoms with E-state index in [9.17, 15) is 13.2 Å². The summed E-state index contributed by atoms with van der Waals surface area (Å²) in [5.41, 5.74) is 5.01. The second kappa shape index (κ2) is 5.04. The molecule has 102 valence electrons. The first-order valence-electron chi connectivity index (χ1n) is 5.36. The summed E-state index contributed by atoms with van der Waals surface area (Å²) in [6.07, 6.45) is -1.86. The molecular weight excluding hydrogens is 277 g/mol. The Morgan fingerprint density at radius 1 is 1.37 bits per heavy atom. The van der Waals surface area contributed by atoms with E-state index in [1.54, 1.807) is 18.5 Å². The molecule has 0 spiro atoms. The van der Waals surface area contributed by atoms with Crippen molar-refractivity contribution in [3.05, 3.63) is 34.5 Å². The van der Waals surface area contributed by atoms with Gasteiger partial charge < -0.3 is 11.1 Å². The Hall–Kier alpha value is -1.83. The Bertz CT molecular complexity index is 554. The smallest absolute Gasteiger partial charge is 0.396 e. The summed E-state index contributed by atoms with van der Waals surface area (Å²) in [5.74, 6) is 0. The summed E-state index contributed by atoms with van der Waals surface area (Å²) < 4.78 is 37.7. The maximum absolute atomic E-state index is 12.6. The van der Waals surface area contributed by atoms with Crippen molar-refractivity contribution in [3.63, 3.8) is 0 Å². The first-order chi connectivity index (χ1) is 8.88. The minimum atomic E-state index is -4.49. The zero-order valence-corrected chi connectivity index (χ0v) is 10.7. The van der Waals surface area contributed by atoms with Crippen LogP contribution in [0.15, 0.2) is 23.8 Å². The number of hydrogen-bond acceptors (Lipinski definition) is 5. The quantitative estimate of drug-likeness (QED) is 0.909. The van der Waals surface area contributed by atoms with Crippen molar-refractivity contribution in [2.45, 2.75) is 19.1 Å². The summed E-state index contributed by atoms with van der Waals surface area (Å²) in [5, 5.41) is 5.47. The van der Waals surface area contributed by atoms with E-state index in [4.69, 9.17) is 5.73 Å². The van der Waals surface area contributed by atoms with Gasteiger partial charge in [-0.15, -0.1) is 11.3 Å². The summed E-state index contributed by atoms with van der Waals surface area (Å²) in [6, 6.07) is 0.671. The number of thiazole rings is 1. The second-order valence-electron chi connectivity index (χ2n) is 3.89. The van der Waals surface area contributed by atoms with Gasteiger partial charge in [-0.05, 0) is 13.0 Å². The Kier molecular flexibility index (Phi) is 3.61. The topological polar surface area (TPSA) is 63.8 Å². The number of halogens is 3. The number of hydrogen-bond donors (Lipinski definition) is 2. The van der Waals surface area contributed by atoms with E-state index in [0.29, 0.717) is 0 Å². The molecule has 0 amide bonds. The van der Waals surface area contributed by atoms with Gasteiger partial charge in [-0.25, -0.2) is 9.97 Å². The van der Waals surface area contributed by atoms with Gasteiger partial charge in [0.05, 0.1) is 23.6 Å². The maximum atomic E-state index is 12.6.